The van der Waals surface area contributed by atoms with Crippen molar-refractivity contribution in [3.05, 3.63) is 48.0 Å². The zero-order chi connectivity index (χ0) is 20.6. The average Bonchev–Trinajstić information content (AvgIpc) is 2.84. The highest BCUT2D eigenvalue weighted by molar-refractivity contribution is 6.10. The van der Waals surface area contributed by atoms with Gasteiger partial charge in [-0.1, -0.05) is 42.5 Å². The molecule has 4 amide bonds. The third-order valence-electron chi connectivity index (χ3n) is 5.30. The molecule has 1 heterocycles. The van der Waals surface area contributed by atoms with Crippen LogP contribution >= 0.6 is 0 Å². The number of fused-ring (bicyclic) bond motifs is 1. The van der Waals surface area contributed by atoms with Crippen LogP contribution < -0.4 is 5.32 Å². The lowest BCUT2D eigenvalue weighted by atomic mass is 9.88. The smallest absolute Gasteiger partial charge is 0.325 e. The van der Waals surface area contributed by atoms with Crippen LogP contribution in [0, 0.1) is 0 Å². The number of nitrogens with zero attached hydrogens (tertiary/aromatic N) is 2. The third-order valence-corrected chi connectivity index (χ3v) is 5.30. The highest BCUT2D eigenvalue weighted by Gasteiger charge is 2.50. The molecule has 28 heavy (non-hydrogen) atoms. The highest BCUT2D eigenvalue weighted by atomic mass is 16.2. The van der Waals surface area contributed by atoms with E-state index >= 15 is 0 Å². The van der Waals surface area contributed by atoms with Gasteiger partial charge in [0, 0.05) is 12.1 Å². The van der Waals surface area contributed by atoms with E-state index in [1.807, 2.05) is 70.2 Å². The maximum atomic E-state index is 13.3. The van der Waals surface area contributed by atoms with Crippen LogP contribution in [0.5, 0.6) is 0 Å². The molecule has 6 heteroatoms. The van der Waals surface area contributed by atoms with E-state index in [-0.39, 0.29) is 24.5 Å². The minimum atomic E-state index is -1.21. The number of amides is 4. The van der Waals surface area contributed by atoms with E-state index in [0.717, 1.165) is 21.2 Å². The molecule has 1 aliphatic rings. The van der Waals surface area contributed by atoms with Crippen LogP contribution in [0.1, 0.15) is 40.2 Å². The van der Waals surface area contributed by atoms with E-state index in [2.05, 4.69) is 5.32 Å². The van der Waals surface area contributed by atoms with Crippen molar-refractivity contribution < 1.29 is 14.4 Å². The van der Waals surface area contributed by atoms with Gasteiger partial charge in [0.05, 0.1) is 0 Å². The van der Waals surface area contributed by atoms with Crippen molar-refractivity contribution in [1.29, 1.82) is 0 Å². The van der Waals surface area contributed by atoms with E-state index in [4.69, 9.17) is 0 Å². The number of nitrogens with one attached hydrogen (secondary N) is 1. The molecule has 0 radical (unpaired) electrons. The van der Waals surface area contributed by atoms with Gasteiger partial charge in [-0.3, -0.25) is 14.5 Å². The number of imide groups is 1. The second-order valence-electron chi connectivity index (χ2n) is 7.96. The summed E-state index contributed by atoms with van der Waals surface area (Å²) in [6.07, 6.45) is 0. The summed E-state index contributed by atoms with van der Waals surface area (Å²) in [6, 6.07) is 12.8. The van der Waals surface area contributed by atoms with Crippen LogP contribution in [-0.2, 0) is 15.1 Å². The lowest BCUT2D eigenvalue weighted by Gasteiger charge is -2.32. The summed E-state index contributed by atoms with van der Waals surface area (Å²) in [5, 5.41) is 4.70. The maximum absolute atomic E-state index is 13.3. The van der Waals surface area contributed by atoms with Crippen LogP contribution in [0.2, 0.25) is 0 Å². The van der Waals surface area contributed by atoms with Gasteiger partial charge in [0.1, 0.15) is 12.1 Å². The Morgan fingerprint density at radius 1 is 1.04 bits per heavy atom. The van der Waals surface area contributed by atoms with E-state index in [1.165, 1.54) is 0 Å². The number of carbonyl (C=O) groups excluding carboxylic acids is 3. The number of hydrogen-bond acceptors (Lipinski definition) is 3. The fourth-order valence-electron chi connectivity index (χ4n) is 4.07. The van der Waals surface area contributed by atoms with Gasteiger partial charge in [0.15, 0.2) is 0 Å². The molecule has 2 aromatic rings. The first kappa shape index (κ1) is 19.9. The summed E-state index contributed by atoms with van der Waals surface area (Å²) >= 11 is 0. The van der Waals surface area contributed by atoms with E-state index < -0.39 is 17.5 Å². The number of carbonyl (C=O) groups is 3. The number of benzene rings is 2. The first-order chi connectivity index (χ1) is 13.2. The van der Waals surface area contributed by atoms with Crippen molar-refractivity contribution in [2.75, 3.05) is 6.54 Å². The molecule has 1 N–H and O–H groups in total. The SMILES string of the molecule is CC(C)N(C(=O)CN1C(=O)NC(C)(c2cccc3ccccc23)C1=O)C(C)C. The molecule has 0 bridgehead atoms. The Bertz CT molecular complexity index is 924. The summed E-state index contributed by atoms with van der Waals surface area (Å²) in [7, 11) is 0. The van der Waals surface area contributed by atoms with Crippen LogP contribution in [0.25, 0.3) is 10.8 Å². The third kappa shape index (κ3) is 3.23. The van der Waals surface area contributed by atoms with Crippen LogP contribution in [0.3, 0.4) is 0 Å². The minimum absolute atomic E-state index is 0.0160. The van der Waals surface area contributed by atoms with Gasteiger partial charge in [-0.25, -0.2) is 4.79 Å². The van der Waals surface area contributed by atoms with Crippen molar-refractivity contribution in [1.82, 2.24) is 15.1 Å². The van der Waals surface area contributed by atoms with Gasteiger partial charge in [-0.05, 0) is 51.0 Å². The molecule has 0 spiro atoms. The molecule has 0 aliphatic carbocycles. The van der Waals surface area contributed by atoms with Crippen LogP contribution in [0.15, 0.2) is 42.5 Å². The predicted octanol–water partition coefficient (Wildman–Crippen LogP) is 3.25. The Labute approximate surface area is 165 Å². The van der Waals surface area contributed by atoms with Crippen molar-refractivity contribution in [2.45, 2.75) is 52.2 Å². The molecule has 2 aromatic carbocycles. The highest BCUT2D eigenvalue weighted by Crippen LogP contribution is 2.33. The van der Waals surface area contributed by atoms with Crippen molar-refractivity contribution in [3.63, 3.8) is 0 Å². The van der Waals surface area contributed by atoms with E-state index in [9.17, 15) is 14.4 Å². The molecular weight excluding hydrogens is 354 g/mol. The minimum Gasteiger partial charge on any atom is -0.336 e. The zero-order valence-electron chi connectivity index (χ0n) is 17.0. The molecule has 148 valence electrons. The molecular formula is C22H27N3O3. The first-order valence-corrected chi connectivity index (χ1v) is 9.60. The maximum Gasteiger partial charge on any atom is 0.325 e. The van der Waals surface area contributed by atoms with Gasteiger partial charge in [-0.15, -0.1) is 0 Å². The summed E-state index contributed by atoms with van der Waals surface area (Å²) in [5.74, 6) is -0.648. The van der Waals surface area contributed by atoms with Gasteiger partial charge < -0.3 is 10.2 Å². The van der Waals surface area contributed by atoms with Crippen LogP contribution in [-0.4, -0.2) is 46.3 Å². The zero-order valence-corrected chi connectivity index (χ0v) is 17.0. The molecule has 6 nitrogen and oxygen atoms in total. The topological polar surface area (TPSA) is 69.7 Å². The summed E-state index contributed by atoms with van der Waals surface area (Å²) in [4.78, 5) is 41.4. The first-order valence-electron chi connectivity index (χ1n) is 9.60. The lowest BCUT2D eigenvalue weighted by molar-refractivity contribution is -0.141. The fourth-order valence-corrected chi connectivity index (χ4v) is 4.07. The Kier molecular flexibility index (Phi) is 5.15. The molecule has 3 rings (SSSR count). The Morgan fingerprint density at radius 3 is 2.29 bits per heavy atom. The Hall–Kier alpha value is -2.89. The molecule has 1 saturated heterocycles. The van der Waals surface area contributed by atoms with Gasteiger partial charge in [-0.2, -0.15) is 0 Å². The molecule has 1 unspecified atom stereocenters. The summed E-state index contributed by atoms with van der Waals surface area (Å²) in [5.41, 5.74) is -0.484. The molecule has 0 aromatic heterocycles. The van der Waals surface area contributed by atoms with Crippen molar-refractivity contribution in [3.8, 4) is 0 Å². The average molecular weight is 381 g/mol. The second kappa shape index (κ2) is 7.26. The predicted molar refractivity (Wildman–Crippen MR) is 109 cm³/mol. The second-order valence-corrected chi connectivity index (χ2v) is 7.96. The van der Waals surface area contributed by atoms with Gasteiger partial charge >= 0.3 is 6.03 Å². The number of urea groups is 1. The quantitative estimate of drug-likeness (QED) is 0.809. The van der Waals surface area contributed by atoms with Crippen molar-refractivity contribution in [2.24, 2.45) is 0 Å². The molecule has 1 fully saturated rings. The van der Waals surface area contributed by atoms with Gasteiger partial charge in [0.2, 0.25) is 5.91 Å². The largest absolute Gasteiger partial charge is 0.336 e. The number of rotatable bonds is 5. The Morgan fingerprint density at radius 2 is 1.64 bits per heavy atom. The molecule has 1 aliphatic heterocycles. The molecule has 0 saturated carbocycles. The fraction of sp³-hybridized carbons (Fsp3) is 0.409. The lowest BCUT2D eigenvalue weighted by Crippen LogP contribution is -2.49. The Balaban J connectivity index is 1.94. The van der Waals surface area contributed by atoms with Gasteiger partial charge in [0.25, 0.3) is 5.91 Å². The summed E-state index contributed by atoms with van der Waals surface area (Å²) < 4.78 is 0. The summed E-state index contributed by atoms with van der Waals surface area (Å²) in [6.45, 7) is 9.12. The molecule has 1 atom stereocenters. The van der Waals surface area contributed by atoms with E-state index in [0.29, 0.717) is 0 Å². The van der Waals surface area contributed by atoms with E-state index in [1.54, 1.807) is 11.8 Å². The number of hydrogen-bond donors (Lipinski definition) is 1. The van der Waals surface area contributed by atoms with Crippen molar-refractivity contribution >= 4 is 28.6 Å². The standard InChI is InChI=1S/C22H27N3O3/c1-14(2)25(15(3)4)19(26)13-24-20(27)22(5,23-21(24)28)18-12-8-10-16-9-6-7-11-17(16)18/h6-12,14-15H,13H2,1-5H3,(H,23,28). The monoisotopic (exact) mass is 381 g/mol. The van der Waals surface area contributed by atoms with Crippen LogP contribution in [0.4, 0.5) is 4.79 Å². The normalized spacial score (nSPS) is 19.6.